The van der Waals surface area contributed by atoms with Gasteiger partial charge in [0.25, 0.3) is 5.91 Å². The molecule has 0 bridgehead atoms. The normalized spacial score (nSPS) is 23.1. The van der Waals surface area contributed by atoms with Gasteiger partial charge in [-0.2, -0.15) is 0 Å². The van der Waals surface area contributed by atoms with Crippen LogP contribution in [0.4, 0.5) is 0 Å². The van der Waals surface area contributed by atoms with Gasteiger partial charge in [0.2, 0.25) is 5.91 Å². The third-order valence-electron chi connectivity index (χ3n) is 5.90. The van der Waals surface area contributed by atoms with Gasteiger partial charge in [-0.15, -0.1) is 0 Å². The highest BCUT2D eigenvalue weighted by molar-refractivity contribution is 5.82. The van der Waals surface area contributed by atoms with Crippen molar-refractivity contribution in [2.45, 2.75) is 77.9 Å². The molecule has 0 radical (unpaired) electrons. The predicted octanol–water partition coefficient (Wildman–Crippen LogP) is 2.33. The summed E-state index contributed by atoms with van der Waals surface area (Å²) in [7, 11) is 0. The molecule has 2 unspecified atom stereocenters. The number of aliphatic hydroxyl groups excluding tert-OH is 1. The van der Waals surface area contributed by atoms with E-state index in [0.717, 1.165) is 25.7 Å². The maximum absolute atomic E-state index is 12.5. The Kier molecular flexibility index (Phi) is 7.08. The van der Waals surface area contributed by atoms with Crippen molar-refractivity contribution in [3.8, 4) is 0 Å². The lowest BCUT2D eigenvalue weighted by Crippen LogP contribution is -2.49. The van der Waals surface area contributed by atoms with Gasteiger partial charge in [-0.3, -0.25) is 9.59 Å². The predicted molar refractivity (Wildman–Crippen MR) is 94.3 cm³/mol. The number of aliphatic hydroxyl groups is 1. The molecule has 0 aromatic heterocycles. The largest absolute Gasteiger partial charge is 0.383 e. The van der Waals surface area contributed by atoms with E-state index >= 15 is 0 Å². The van der Waals surface area contributed by atoms with Crippen molar-refractivity contribution in [3.63, 3.8) is 0 Å². The van der Waals surface area contributed by atoms with Crippen molar-refractivity contribution in [1.82, 2.24) is 10.2 Å². The molecule has 0 aromatic carbocycles. The lowest BCUT2D eigenvalue weighted by molar-refractivity contribution is -0.146. The summed E-state index contributed by atoms with van der Waals surface area (Å²) in [6.45, 7) is 7.38. The zero-order valence-corrected chi connectivity index (χ0v) is 15.5. The maximum Gasteiger partial charge on any atom is 0.251 e. The van der Waals surface area contributed by atoms with Crippen LogP contribution in [0, 0.1) is 17.8 Å². The molecule has 1 heterocycles. The Morgan fingerprint density at radius 1 is 1.00 bits per heavy atom. The van der Waals surface area contributed by atoms with E-state index in [1.165, 1.54) is 6.42 Å². The molecule has 2 amide bonds. The van der Waals surface area contributed by atoms with Crippen LogP contribution < -0.4 is 5.32 Å². The summed E-state index contributed by atoms with van der Waals surface area (Å²) in [4.78, 5) is 26.6. The first kappa shape index (κ1) is 19.2. The van der Waals surface area contributed by atoms with Crippen molar-refractivity contribution >= 4 is 11.8 Å². The molecule has 138 valence electrons. The average molecular weight is 338 g/mol. The third-order valence-corrected chi connectivity index (χ3v) is 5.90. The van der Waals surface area contributed by atoms with Crippen LogP contribution in [0.25, 0.3) is 0 Å². The van der Waals surface area contributed by atoms with Crippen LogP contribution in [0.3, 0.4) is 0 Å². The van der Waals surface area contributed by atoms with Gasteiger partial charge < -0.3 is 15.3 Å². The Bertz CT molecular complexity index is 424. The van der Waals surface area contributed by atoms with Gasteiger partial charge in [-0.05, 0) is 44.4 Å². The SMILES string of the molecule is CC(C)C(C)NC(=O)C1CCN(C(=O)C(O)C2CCCCC2)CC1. The van der Waals surface area contributed by atoms with Gasteiger partial charge in [0.1, 0.15) is 6.10 Å². The van der Waals surface area contributed by atoms with E-state index in [1.807, 2.05) is 6.92 Å². The lowest BCUT2D eigenvalue weighted by Gasteiger charge is -2.35. The minimum absolute atomic E-state index is 0.0120. The number of piperidine rings is 1. The summed E-state index contributed by atoms with van der Waals surface area (Å²) in [6.07, 6.45) is 5.90. The van der Waals surface area contributed by atoms with E-state index in [1.54, 1.807) is 4.90 Å². The van der Waals surface area contributed by atoms with E-state index in [-0.39, 0.29) is 29.7 Å². The molecule has 1 saturated heterocycles. The lowest BCUT2D eigenvalue weighted by atomic mass is 9.84. The molecule has 2 atom stereocenters. The molecule has 2 N–H and O–H groups in total. The van der Waals surface area contributed by atoms with Crippen LogP contribution in [-0.4, -0.2) is 47.1 Å². The first-order valence-corrected chi connectivity index (χ1v) is 9.67. The summed E-state index contributed by atoms with van der Waals surface area (Å²) in [5.41, 5.74) is 0. The number of rotatable bonds is 5. The van der Waals surface area contributed by atoms with Crippen LogP contribution in [0.2, 0.25) is 0 Å². The second kappa shape index (κ2) is 8.84. The van der Waals surface area contributed by atoms with Crippen LogP contribution >= 0.6 is 0 Å². The standard InChI is InChI=1S/C19H34N2O3/c1-13(2)14(3)20-18(23)16-9-11-21(12-10-16)19(24)17(22)15-7-5-4-6-8-15/h13-17,22H,4-12H2,1-3H3,(H,20,23). The number of amides is 2. The van der Waals surface area contributed by atoms with Crippen LogP contribution in [0.1, 0.15) is 65.7 Å². The van der Waals surface area contributed by atoms with Gasteiger partial charge in [-0.1, -0.05) is 33.1 Å². The summed E-state index contributed by atoms with van der Waals surface area (Å²) < 4.78 is 0. The summed E-state index contributed by atoms with van der Waals surface area (Å²) in [5, 5.41) is 13.5. The second-order valence-corrected chi connectivity index (χ2v) is 7.98. The Morgan fingerprint density at radius 2 is 1.58 bits per heavy atom. The number of nitrogens with one attached hydrogen (secondary N) is 1. The van der Waals surface area contributed by atoms with Crippen molar-refractivity contribution in [2.24, 2.45) is 17.8 Å². The van der Waals surface area contributed by atoms with Crippen LogP contribution in [0.15, 0.2) is 0 Å². The van der Waals surface area contributed by atoms with Crippen molar-refractivity contribution in [3.05, 3.63) is 0 Å². The van der Waals surface area contributed by atoms with E-state index in [4.69, 9.17) is 0 Å². The Hall–Kier alpha value is -1.10. The van der Waals surface area contributed by atoms with Crippen LogP contribution in [-0.2, 0) is 9.59 Å². The number of hydrogen-bond donors (Lipinski definition) is 2. The van der Waals surface area contributed by atoms with Gasteiger partial charge in [0.15, 0.2) is 0 Å². The molecule has 24 heavy (non-hydrogen) atoms. The first-order valence-electron chi connectivity index (χ1n) is 9.67. The van der Waals surface area contributed by atoms with Gasteiger partial charge in [0, 0.05) is 25.0 Å². The smallest absolute Gasteiger partial charge is 0.251 e. The van der Waals surface area contributed by atoms with E-state index in [2.05, 4.69) is 19.2 Å². The molecule has 0 spiro atoms. The van der Waals surface area contributed by atoms with Crippen molar-refractivity contribution in [1.29, 1.82) is 0 Å². The highest BCUT2D eigenvalue weighted by Gasteiger charge is 2.34. The van der Waals surface area contributed by atoms with Crippen molar-refractivity contribution < 1.29 is 14.7 Å². The molecule has 0 aromatic rings. The molecule has 2 aliphatic rings. The number of likely N-dealkylation sites (tertiary alicyclic amines) is 1. The molecule has 2 rings (SSSR count). The number of carbonyl (C=O) groups is 2. The number of hydrogen-bond acceptors (Lipinski definition) is 3. The molecule has 5 nitrogen and oxygen atoms in total. The molecule has 1 aliphatic heterocycles. The minimum Gasteiger partial charge on any atom is -0.383 e. The second-order valence-electron chi connectivity index (χ2n) is 7.98. The van der Waals surface area contributed by atoms with E-state index in [9.17, 15) is 14.7 Å². The fourth-order valence-electron chi connectivity index (χ4n) is 3.71. The molecular weight excluding hydrogens is 304 g/mol. The van der Waals surface area contributed by atoms with Gasteiger partial charge >= 0.3 is 0 Å². The first-order chi connectivity index (χ1) is 11.4. The fraction of sp³-hybridized carbons (Fsp3) is 0.895. The zero-order chi connectivity index (χ0) is 17.7. The summed E-state index contributed by atoms with van der Waals surface area (Å²) in [6, 6.07) is 0.172. The van der Waals surface area contributed by atoms with E-state index < -0.39 is 6.10 Å². The highest BCUT2D eigenvalue weighted by Crippen LogP contribution is 2.28. The Morgan fingerprint density at radius 3 is 2.12 bits per heavy atom. The molecule has 5 heteroatoms. The van der Waals surface area contributed by atoms with E-state index in [0.29, 0.717) is 31.8 Å². The Labute approximate surface area is 146 Å². The highest BCUT2D eigenvalue weighted by atomic mass is 16.3. The molecule has 1 saturated carbocycles. The summed E-state index contributed by atoms with van der Waals surface area (Å²) in [5.74, 6) is 0.509. The quantitative estimate of drug-likeness (QED) is 0.808. The molecular formula is C19H34N2O3. The minimum atomic E-state index is -0.850. The van der Waals surface area contributed by atoms with Gasteiger partial charge in [0.05, 0.1) is 0 Å². The fourth-order valence-corrected chi connectivity index (χ4v) is 3.71. The molecule has 1 aliphatic carbocycles. The zero-order valence-electron chi connectivity index (χ0n) is 15.5. The topological polar surface area (TPSA) is 69.6 Å². The third kappa shape index (κ3) is 4.95. The monoisotopic (exact) mass is 338 g/mol. The molecule has 2 fully saturated rings. The number of nitrogens with zero attached hydrogens (tertiary/aromatic N) is 1. The van der Waals surface area contributed by atoms with Crippen molar-refractivity contribution in [2.75, 3.05) is 13.1 Å². The number of carbonyl (C=O) groups excluding carboxylic acids is 2. The van der Waals surface area contributed by atoms with Gasteiger partial charge in [-0.25, -0.2) is 0 Å². The van der Waals surface area contributed by atoms with Crippen LogP contribution in [0.5, 0.6) is 0 Å². The average Bonchev–Trinajstić information content (AvgIpc) is 2.61. The summed E-state index contributed by atoms with van der Waals surface area (Å²) >= 11 is 0. The Balaban J connectivity index is 1.79. The maximum atomic E-state index is 12.5.